The highest BCUT2D eigenvalue weighted by atomic mass is 16.6. The Hall–Kier alpha value is -3.42. The number of carbonyl (C=O) groups is 4. The zero-order valence-corrected chi connectivity index (χ0v) is 17.5. The molecule has 0 heterocycles. The standard InChI is InChI=1S/C18H16O8.2C2H6/c19-15(20)13(25-17(23)11-7-3-1-4-8-11)14(16(21)22)26-18(24)12-9-5-2-6-10-12;2*1-2/h1,3-5,7-10,13-14H,2,6H2,(H,19,20)(H,21,22);2*1-2H3/t13-,14-;;/m1../s1. The number of esters is 2. The molecule has 8 heteroatoms. The van der Waals surface area contributed by atoms with E-state index in [0.29, 0.717) is 6.42 Å². The van der Waals surface area contributed by atoms with Crippen molar-refractivity contribution in [2.45, 2.75) is 52.7 Å². The van der Waals surface area contributed by atoms with E-state index in [1.807, 2.05) is 27.7 Å². The highest BCUT2D eigenvalue weighted by Gasteiger charge is 2.41. The van der Waals surface area contributed by atoms with Crippen LogP contribution in [0.15, 0.2) is 54.1 Å². The summed E-state index contributed by atoms with van der Waals surface area (Å²) >= 11 is 0. The maximum atomic E-state index is 12.1. The van der Waals surface area contributed by atoms with Gasteiger partial charge in [0.15, 0.2) is 0 Å². The first kappa shape index (κ1) is 26.6. The third-order valence-corrected chi connectivity index (χ3v) is 3.47. The largest absolute Gasteiger partial charge is 0.478 e. The number of carboxylic acid groups (broad SMARTS) is 2. The second-order valence-corrected chi connectivity index (χ2v) is 5.33. The van der Waals surface area contributed by atoms with Gasteiger partial charge in [0.2, 0.25) is 12.2 Å². The molecule has 2 N–H and O–H groups in total. The van der Waals surface area contributed by atoms with Gasteiger partial charge in [-0.1, -0.05) is 64.1 Å². The fourth-order valence-corrected chi connectivity index (χ4v) is 2.19. The van der Waals surface area contributed by atoms with Gasteiger partial charge in [-0.2, -0.15) is 0 Å². The van der Waals surface area contributed by atoms with Crippen molar-refractivity contribution in [3.8, 4) is 0 Å². The summed E-state index contributed by atoms with van der Waals surface area (Å²) in [5.74, 6) is -5.54. The smallest absolute Gasteiger partial charge is 0.349 e. The number of hydrogen-bond acceptors (Lipinski definition) is 6. The van der Waals surface area contributed by atoms with Crippen LogP contribution in [0.3, 0.4) is 0 Å². The van der Waals surface area contributed by atoms with Crippen molar-refractivity contribution < 1.29 is 38.9 Å². The Morgan fingerprint density at radius 2 is 1.30 bits per heavy atom. The van der Waals surface area contributed by atoms with E-state index < -0.39 is 36.1 Å². The monoisotopic (exact) mass is 420 g/mol. The van der Waals surface area contributed by atoms with Crippen molar-refractivity contribution in [1.82, 2.24) is 0 Å². The van der Waals surface area contributed by atoms with E-state index in [9.17, 15) is 29.4 Å². The van der Waals surface area contributed by atoms with E-state index in [4.69, 9.17) is 9.47 Å². The Labute approximate surface area is 175 Å². The van der Waals surface area contributed by atoms with Crippen molar-refractivity contribution in [3.05, 3.63) is 59.7 Å². The zero-order chi connectivity index (χ0) is 23.1. The molecule has 0 bridgehead atoms. The number of ether oxygens (including phenoxy) is 2. The average molecular weight is 420 g/mol. The first-order valence-corrected chi connectivity index (χ1v) is 9.69. The summed E-state index contributed by atoms with van der Waals surface area (Å²) in [5, 5.41) is 18.5. The first-order chi connectivity index (χ1) is 14.4. The lowest BCUT2D eigenvalue weighted by Gasteiger charge is -2.21. The number of aliphatic carboxylic acids is 2. The van der Waals surface area contributed by atoms with Crippen molar-refractivity contribution >= 4 is 23.9 Å². The molecule has 0 radical (unpaired) electrons. The van der Waals surface area contributed by atoms with Gasteiger partial charge in [-0.3, -0.25) is 0 Å². The van der Waals surface area contributed by atoms with E-state index in [-0.39, 0.29) is 11.1 Å². The number of benzene rings is 1. The maximum absolute atomic E-state index is 12.1. The van der Waals surface area contributed by atoms with Crippen molar-refractivity contribution in [3.63, 3.8) is 0 Å². The van der Waals surface area contributed by atoms with Crippen LogP contribution < -0.4 is 0 Å². The fraction of sp³-hybridized carbons (Fsp3) is 0.364. The van der Waals surface area contributed by atoms with Gasteiger partial charge >= 0.3 is 23.9 Å². The molecule has 1 aromatic rings. The predicted molar refractivity (Wildman–Crippen MR) is 110 cm³/mol. The molecule has 0 fully saturated rings. The number of hydrogen-bond donors (Lipinski definition) is 2. The van der Waals surface area contributed by atoms with Gasteiger partial charge in [0, 0.05) is 0 Å². The Balaban J connectivity index is 0.00000198. The van der Waals surface area contributed by atoms with Gasteiger partial charge in [0.1, 0.15) is 0 Å². The molecule has 0 unspecified atom stereocenters. The quantitative estimate of drug-likeness (QED) is 0.640. The van der Waals surface area contributed by atoms with Crippen LogP contribution in [-0.2, 0) is 23.9 Å². The molecule has 30 heavy (non-hydrogen) atoms. The molecule has 2 atom stereocenters. The maximum Gasteiger partial charge on any atom is 0.349 e. The molecule has 0 saturated carbocycles. The van der Waals surface area contributed by atoms with Gasteiger partial charge in [-0.15, -0.1) is 0 Å². The number of carboxylic acids is 2. The molecule has 0 saturated heterocycles. The molecular weight excluding hydrogens is 392 g/mol. The van der Waals surface area contributed by atoms with Crippen molar-refractivity contribution in [2.24, 2.45) is 0 Å². The number of carbonyl (C=O) groups excluding carboxylic acids is 2. The minimum absolute atomic E-state index is 0.0344. The van der Waals surface area contributed by atoms with Gasteiger partial charge in [0.25, 0.3) is 0 Å². The summed E-state index contributed by atoms with van der Waals surface area (Å²) in [6.45, 7) is 8.00. The third kappa shape index (κ3) is 8.30. The molecule has 2 rings (SSSR count). The van der Waals surface area contributed by atoms with Gasteiger partial charge in [0.05, 0.1) is 11.1 Å². The highest BCUT2D eigenvalue weighted by Crippen LogP contribution is 2.16. The van der Waals surface area contributed by atoms with E-state index in [2.05, 4.69) is 0 Å². The summed E-state index contributed by atoms with van der Waals surface area (Å²) in [4.78, 5) is 46.9. The average Bonchev–Trinajstić information content (AvgIpc) is 2.79. The first-order valence-electron chi connectivity index (χ1n) is 9.69. The molecule has 1 aliphatic carbocycles. The second kappa shape index (κ2) is 14.6. The molecule has 0 aliphatic heterocycles. The van der Waals surface area contributed by atoms with E-state index in [1.54, 1.807) is 18.2 Å². The lowest BCUT2D eigenvalue weighted by atomic mass is 10.1. The van der Waals surface area contributed by atoms with E-state index in [0.717, 1.165) is 6.42 Å². The molecule has 8 nitrogen and oxygen atoms in total. The molecule has 0 spiro atoms. The lowest BCUT2D eigenvalue weighted by molar-refractivity contribution is -0.176. The number of rotatable bonds is 7. The topological polar surface area (TPSA) is 127 Å². The molecular formula is C22H28O8. The van der Waals surface area contributed by atoms with Crippen molar-refractivity contribution in [2.75, 3.05) is 0 Å². The predicted octanol–water partition coefficient (Wildman–Crippen LogP) is 3.62. The molecule has 0 amide bonds. The van der Waals surface area contributed by atoms with Crippen LogP contribution >= 0.6 is 0 Å². The van der Waals surface area contributed by atoms with Crippen molar-refractivity contribution in [1.29, 1.82) is 0 Å². The van der Waals surface area contributed by atoms with Crippen LogP contribution in [0.1, 0.15) is 50.9 Å². The van der Waals surface area contributed by atoms with Crippen LogP contribution in [0.4, 0.5) is 0 Å². The third-order valence-electron chi connectivity index (χ3n) is 3.47. The highest BCUT2D eigenvalue weighted by molar-refractivity contribution is 5.96. The summed E-state index contributed by atoms with van der Waals surface area (Å²) in [6, 6.07) is 7.45. The fourth-order valence-electron chi connectivity index (χ4n) is 2.19. The second-order valence-electron chi connectivity index (χ2n) is 5.33. The van der Waals surface area contributed by atoms with Gasteiger partial charge in [-0.05, 0) is 25.0 Å². The summed E-state index contributed by atoms with van der Waals surface area (Å²) in [5.41, 5.74) is 0.146. The van der Waals surface area contributed by atoms with Crippen LogP contribution in [0, 0.1) is 0 Å². The molecule has 164 valence electrons. The normalized spacial score (nSPS) is 13.7. The van der Waals surface area contributed by atoms with Crippen LogP contribution in [0.25, 0.3) is 0 Å². The SMILES string of the molecule is CC.CC.O=C(O[C@@H](C(=O)O)[C@@H](OC(=O)c1ccccc1)C(=O)O)C1=CCCC=C1. The Morgan fingerprint density at radius 1 is 0.800 bits per heavy atom. The molecule has 0 aromatic heterocycles. The summed E-state index contributed by atoms with van der Waals surface area (Å²) < 4.78 is 9.57. The molecule has 1 aliphatic rings. The molecule has 1 aromatic carbocycles. The van der Waals surface area contributed by atoms with Crippen LogP contribution in [-0.4, -0.2) is 46.3 Å². The van der Waals surface area contributed by atoms with Gasteiger partial charge in [-0.25, -0.2) is 19.2 Å². The number of allylic oxidation sites excluding steroid dienone is 2. The van der Waals surface area contributed by atoms with E-state index in [1.165, 1.54) is 30.3 Å². The Bertz CT molecular complexity index is 765. The minimum atomic E-state index is -2.20. The lowest BCUT2D eigenvalue weighted by Crippen LogP contribution is -2.46. The van der Waals surface area contributed by atoms with Crippen LogP contribution in [0.2, 0.25) is 0 Å². The summed E-state index contributed by atoms with van der Waals surface area (Å²) in [7, 11) is 0. The minimum Gasteiger partial charge on any atom is -0.478 e. The van der Waals surface area contributed by atoms with E-state index >= 15 is 0 Å². The van der Waals surface area contributed by atoms with Crippen LogP contribution in [0.5, 0.6) is 0 Å². The zero-order valence-electron chi connectivity index (χ0n) is 17.5. The summed E-state index contributed by atoms with van der Waals surface area (Å²) in [6.07, 6.45) is 1.62. The Morgan fingerprint density at radius 3 is 1.73 bits per heavy atom. The Kier molecular flexibility index (Phi) is 12.9. The van der Waals surface area contributed by atoms with Gasteiger partial charge < -0.3 is 19.7 Å².